The minimum Gasteiger partial charge on any atom is -0.397 e. The molecule has 0 aliphatic carbocycles. The Kier molecular flexibility index (Phi) is 4.37. The van der Waals surface area contributed by atoms with Gasteiger partial charge in [-0.2, -0.15) is 0 Å². The number of benzene rings is 2. The van der Waals surface area contributed by atoms with Crippen molar-refractivity contribution in [3.8, 4) is 0 Å². The largest absolute Gasteiger partial charge is 0.397 e. The summed E-state index contributed by atoms with van der Waals surface area (Å²) < 4.78 is 0. The molecule has 2 rings (SSSR count). The summed E-state index contributed by atoms with van der Waals surface area (Å²) in [6.07, 6.45) is 0. The first-order valence-corrected chi connectivity index (χ1v) is 6.60. The fourth-order valence-corrected chi connectivity index (χ4v) is 2.29. The molecule has 4 nitrogen and oxygen atoms in total. The van der Waals surface area contributed by atoms with Crippen molar-refractivity contribution >= 4 is 46.3 Å². The second kappa shape index (κ2) is 6.03. The summed E-state index contributed by atoms with van der Waals surface area (Å²) in [6.45, 7) is 1.86. The van der Waals surface area contributed by atoms with E-state index in [9.17, 15) is 4.79 Å². The first-order valence-electron chi connectivity index (χ1n) is 5.85. The number of aryl methyl sites for hydroxylation is 1. The van der Waals surface area contributed by atoms with Crippen LogP contribution in [0.5, 0.6) is 0 Å². The molecule has 0 radical (unpaired) electrons. The molecular weight excluding hydrogens is 297 g/mol. The zero-order chi connectivity index (χ0) is 14.7. The first-order chi connectivity index (χ1) is 9.45. The van der Waals surface area contributed by atoms with Crippen LogP contribution >= 0.6 is 23.2 Å². The van der Waals surface area contributed by atoms with E-state index in [2.05, 4.69) is 10.6 Å². The van der Waals surface area contributed by atoms with Gasteiger partial charge in [-0.25, -0.2) is 4.79 Å². The van der Waals surface area contributed by atoms with E-state index in [-0.39, 0.29) is 0 Å². The molecule has 20 heavy (non-hydrogen) atoms. The molecule has 0 saturated carbocycles. The van der Waals surface area contributed by atoms with Gasteiger partial charge < -0.3 is 16.4 Å². The third-order valence-electron chi connectivity index (χ3n) is 2.66. The topological polar surface area (TPSA) is 67.1 Å². The van der Waals surface area contributed by atoms with Crippen LogP contribution in [0.25, 0.3) is 0 Å². The smallest absolute Gasteiger partial charge is 0.323 e. The highest BCUT2D eigenvalue weighted by Crippen LogP contribution is 2.24. The average molecular weight is 310 g/mol. The maximum atomic E-state index is 11.9. The van der Waals surface area contributed by atoms with Crippen LogP contribution in [0.2, 0.25) is 10.0 Å². The predicted molar refractivity (Wildman–Crippen MR) is 84.7 cm³/mol. The normalized spacial score (nSPS) is 10.2. The molecule has 0 spiro atoms. The molecular formula is C14H13Cl2N3O. The monoisotopic (exact) mass is 309 g/mol. The summed E-state index contributed by atoms with van der Waals surface area (Å²) in [7, 11) is 0. The molecule has 6 heteroatoms. The molecule has 4 N–H and O–H groups in total. The van der Waals surface area contributed by atoms with Gasteiger partial charge >= 0.3 is 6.03 Å². The van der Waals surface area contributed by atoms with E-state index >= 15 is 0 Å². The third-order valence-corrected chi connectivity index (χ3v) is 3.10. The number of anilines is 3. The van der Waals surface area contributed by atoms with Crippen LogP contribution in [0.3, 0.4) is 0 Å². The van der Waals surface area contributed by atoms with Crippen LogP contribution < -0.4 is 16.4 Å². The number of amides is 2. The van der Waals surface area contributed by atoms with Crippen molar-refractivity contribution in [2.75, 3.05) is 16.4 Å². The quantitative estimate of drug-likeness (QED) is 0.713. The molecule has 0 bridgehead atoms. The number of hydrogen-bond donors (Lipinski definition) is 3. The van der Waals surface area contributed by atoms with Gasteiger partial charge in [-0.1, -0.05) is 35.3 Å². The molecule has 2 aromatic rings. The molecule has 0 fully saturated rings. The fourth-order valence-electron chi connectivity index (χ4n) is 1.76. The van der Waals surface area contributed by atoms with E-state index in [1.54, 1.807) is 24.3 Å². The van der Waals surface area contributed by atoms with E-state index in [0.29, 0.717) is 27.1 Å². The Morgan fingerprint density at radius 1 is 1.10 bits per heavy atom. The summed E-state index contributed by atoms with van der Waals surface area (Å²) >= 11 is 11.7. The molecule has 0 heterocycles. The number of nitrogens with two attached hydrogens (primary N) is 1. The fraction of sp³-hybridized carbons (Fsp3) is 0.0714. The van der Waals surface area contributed by atoms with Gasteiger partial charge in [0, 0.05) is 15.7 Å². The van der Waals surface area contributed by atoms with Gasteiger partial charge in [0.2, 0.25) is 0 Å². The minimum atomic E-state index is -0.413. The SMILES string of the molecule is Cc1cccc(N)c1NC(=O)Nc1cc(Cl)cc(Cl)c1. The third kappa shape index (κ3) is 3.56. The van der Waals surface area contributed by atoms with Gasteiger partial charge in [0.25, 0.3) is 0 Å². The van der Waals surface area contributed by atoms with Gasteiger partial charge in [-0.15, -0.1) is 0 Å². The summed E-state index contributed by atoms with van der Waals surface area (Å²) in [5, 5.41) is 6.25. The molecule has 104 valence electrons. The number of rotatable bonds is 2. The lowest BCUT2D eigenvalue weighted by Crippen LogP contribution is -2.20. The molecule has 2 aromatic carbocycles. The van der Waals surface area contributed by atoms with Gasteiger partial charge in [0.05, 0.1) is 11.4 Å². The second-order valence-electron chi connectivity index (χ2n) is 4.28. The number of urea groups is 1. The van der Waals surface area contributed by atoms with Gasteiger partial charge in [0.15, 0.2) is 0 Å². The minimum absolute atomic E-state index is 0.413. The lowest BCUT2D eigenvalue weighted by molar-refractivity contribution is 0.262. The van der Waals surface area contributed by atoms with Gasteiger partial charge in [0.1, 0.15) is 0 Å². The van der Waals surface area contributed by atoms with Crippen molar-refractivity contribution in [2.24, 2.45) is 0 Å². The second-order valence-corrected chi connectivity index (χ2v) is 5.15. The van der Waals surface area contributed by atoms with E-state index in [1.807, 2.05) is 19.1 Å². The number of para-hydroxylation sites is 1. The van der Waals surface area contributed by atoms with Crippen LogP contribution in [-0.4, -0.2) is 6.03 Å². The van der Waals surface area contributed by atoms with Gasteiger partial charge in [-0.05, 0) is 36.8 Å². The molecule has 0 aliphatic rings. The lowest BCUT2D eigenvalue weighted by atomic mass is 10.2. The Labute approximate surface area is 126 Å². The molecule has 0 unspecified atom stereocenters. The Balaban J connectivity index is 2.13. The van der Waals surface area contributed by atoms with Crippen LogP contribution in [0.4, 0.5) is 21.9 Å². The predicted octanol–water partition coefficient (Wildman–Crippen LogP) is 4.53. The Morgan fingerprint density at radius 3 is 2.35 bits per heavy atom. The van der Waals surface area contributed by atoms with E-state index in [4.69, 9.17) is 28.9 Å². The number of carbonyl (C=O) groups excluding carboxylic acids is 1. The highest BCUT2D eigenvalue weighted by atomic mass is 35.5. The van der Waals surface area contributed by atoms with E-state index in [0.717, 1.165) is 5.56 Å². The van der Waals surface area contributed by atoms with E-state index < -0.39 is 6.03 Å². The van der Waals surface area contributed by atoms with E-state index in [1.165, 1.54) is 0 Å². The summed E-state index contributed by atoms with van der Waals surface area (Å²) in [5.74, 6) is 0. The summed E-state index contributed by atoms with van der Waals surface area (Å²) in [4.78, 5) is 11.9. The number of hydrogen-bond acceptors (Lipinski definition) is 2. The van der Waals surface area contributed by atoms with Crippen LogP contribution in [0.15, 0.2) is 36.4 Å². The number of halogens is 2. The highest BCUT2D eigenvalue weighted by molar-refractivity contribution is 6.35. The molecule has 0 aromatic heterocycles. The summed E-state index contributed by atoms with van der Waals surface area (Å²) in [6, 6.07) is 9.80. The van der Waals surface area contributed by atoms with Crippen molar-refractivity contribution in [1.29, 1.82) is 0 Å². The van der Waals surface area contributed by atoms with Crippen LogP contribution in [0.1, 0.15) is 5.56 Å². The lowest BCUT2D eigenvalue weighted by Gasteiger charge is -2.12. The average Bonchev–Trinajstić information content (AvgIpc) is 2.32. The van der Waals surface area contributed by atoms with Crippen molar-refractivity contribution in [3.05, 3.63) is 52.0 Å². The van der Waals surface area contributed by atoms with Gasteiger partial charge in [-0.3, -0.25) is 0 Å². The number of nitrogen functional groups attached to an aromatic ring is 1. The van der Waals surface area contributed by atoms with Crippen molar-refractivity contribution in [2.45, 2.75) is 6.92 Å². The molecule has 2 amide bonds. The number of nitrogens with one attached hydrogen (secondary N) is 2. The maximum absolute atomic E-state index is 11.9. The zero-order valence-electron chi connectivity index (χ0n) is 10.7. The Bertz CT molecular complexity index is 618. The van der Waals surface area contributed by atoms with Crippen molar-refractivity contribution in [3.63, 3.8) is 0 Å². The highest BCUT2D eigenvalue weighted by Gasteiger charge is 2.08. The summed E-state index contributed by atoms with van der Waals surface area (Å²) in [5.41, 5.74) is 8.30. The molecule has 0 aliphatic heterocycles. The standard InChI is InChI=1S/C14H13Cl2N3O/c1-8-3-2-4-12(17)13(8)19-14(20)18-11-6-9(15)5-10(16)7-11/h2-7H,17H2,1H3,(H2,18,19,20). The van der Waals surface area contributed by atoms with Crippen LogP contribution in [0, 0.1) is 6.92 Å². The Morgan fingerprint density at radius 2 is 1.75 bits per heavy atom. The first kappa shape index (κ1) is 14.5. The number of carbonyl (C=O) groups is 1. The van der Waals surface area contributed by atoms with Crippen molar-refractivity contribution < 1.29 is 4.79 Å². The maximum Gasteiger partial charge on any atom is 0.323 e. The zero-order valence-corrected chi connectivity index (χ0v) is 12.2. The molecule has 0 atom stereocenters. The Hall–Kier alpha value is -1.91. The van der Waals surface area contributed by atoms with Crippen molar-refractivity contribution in [1.82, 2.24) is 0 Å². The molecule has 0 saturated heterocycles. The van der Waals surface area contributed by atoms with Crippen LogP contribution in [-0.2, 0) is 0 Å².